The third-order valence-electron chi connectivity index (χ3n) is 7.58. The predicted octanol–water partition coefficient (Wildman–Crippen LogP) is 4.14. The monoisotopic (exact) mass is 544 g/mol. The Labute approximate surface area is 234 Å². The molecule has 1 amide bonds. The summed E-state index contributed by atoms with van der Waals surface area (Å²) in [5.74, 6) is 2.63. The van der Waals surface area contributed by atoms with Gasteiger partial charge in [-0.05, 0) is 55.5 Å². The lowest BCUT2D eigenvalue weighted by atomic mass is 10.00. The molecule has 0 radical (unpaired) electrons. The van der Waals surface area contributed by atoms with Gasteiger partial charge in [-0.15, -0.1) is 0 Å². The number of hydrogen-bond acceptors (Lipinski definition) is 9. The molecule has 3 aromatic rings. The van der Waals surface area contributed by atoms with Crippen molar-refractivity contribution in [1.29, 1.82) is 0 Å². The van der Waals surface area contributed by atoms with E-state index in [2.05, 4.69) is 26.8 Å². The van der Waals surface area contributed by atoms with Gasteiger partial charge in [0.1, 0.15) is 11.5 Å². The smallest absolute Gasteiger partial charge is 0.278 e. The molecule has 40 heavy (non-hydrogen) atoms. The Bertz CT molecular complexity index is 1420. The summed E-state index contributed by atoms with van der Waals surface area (Å²) in [6.45, 7) is 6.78. The zero-order valence-electron chi connectivity index (χ0n) is 23.7. The summed E-state index contributed by atoms with van der Waals surface area (Å²) in [5.41, 5.74) is 11.0. The van der Waals surface area contributed by atoms with Crippen LogP contribution in [0.4, 0.5) is 17.5 Å². The molecule has 2 aliphatic rings. The summed E-state index contributed by atoms with van der Waals surface area (Å²) in [4.78, 5) is 31.3. The first kappa shape index (κ1) is 27.4. The molecule has 2 N–H and O–H groups in total. The number of anilines is 2. The molecule has 0 unspecified atom stereocenters. The average molecular weight is 545 g/mol. The van der Waals surface area contributed by atoms with Gasteiger partial charge in [0.05, 0.1) is 33.7 Å². The fourth-order valence-electron chi connectivity index (χ4n) is 5.24. The van der Waals surface area contributed by atoms with Gasteiger partial charge < -0.3 is 19.9 Å². The molecule has 10 nitrogen and oxygen atoms in total. The Balaban J connectivity index is 1.41. The number of nitrogen functional groups attached to an aromatic ring is 1. The molecular formula is C30H36N6O4. The van der Waals surface area contributed by atoms with Gasteiger partial charge in [0.2, 0.25) is 5.75 Å². The number of aryl methyl sites for hydroxylation is 1. The maximum atomic E-state index is 13.6. The van der Waals surface area contributed by atoms with Crippen molar-refractivity contribution >= 4 is 29.1 Å². The van der Waals surface area contributed by atoms with Crippen LogP contribution in [0.3, 0.4) is 0 Å². The average Bonchev–Trinajstić information content (AvgIpc) is 3.20. The summed E-state index contributed by atoms with van der Waals surface area (Å²) >= 11 is 0. The molecule has 1 aromatic heterocycles. The number of methoxy groups -OCH3 is 3. The third kappa shape index (κ3) is 5.44. The number of aliphatic imine (C=N–C) groups is 1. The van der Waals surface area contributed by atoms with Crippen molar-refractivity contribution in [1.82, 2.24) is 14.9 Å². The van der Waals surface area contributed by atoms with Gasteiger partial charge in [0.15, 0.2) is 11.5 Å². The molecule has 0 saturated carbocycles. The highest BCUT2D eigenvalue weighted by Gasteiger charge is 2.35. The fraction of sp³-hybridized carbons (Fsp3) is 0.400. The number of rotatable bonds is 8. The number of benzene rings is 2. The van der Waals surface area contributed by atoms with Gasteiger partial charge in [-0.25, -0.2) is 9.98 Å². The van der Waals surface area contributed by atoms with Crippen LogP contribution >= 0.6 is 0 Å². The Morgan fingerprint density at radius 2 is 1.75 bits per heavy atom. The molecule has 5 rings (SSSR count). The quantitative estimate of drug-likeness (QED) is 0.450. The van der Waals surface area contributed by atoms with Crippen LogP contribution in [0.25, 0.3) is 0 Å². The van der Waals surface area contributed by atoms with Crippen molar-refractivity contribution in [2.24, 2.45) is 10.9 Å². The number of likely N-dealkylation sites (tertiary alicyclic amines) is 1. The first-order valence-electron chi connectivity index (χ1n) is 13.5. The van der Waals surface area contributed by atoms with E-state index in [-0.39, 0.29) is 17.7 Å². The first-order chi connectivity index (χ1) is 19.3. The van der Waals surface area contributed by atoms with E-state index in [4.69, 9.17) is 19.9 Å². The summed E-state index contributed by atoms with van der Waals surface area (Å²) in [6.07, 6.45) is 4.37. The van der Waals surface area contributed by atoms with Crippen molar-refractivity contribution < 1.29 is 19.0 Å². The third-order valence-corrected chi connectivity index (χ3v) is 7.58. The van der Waals surface area contributed by atoms with E-state index in [0.717, 1.165) is 54.2 Å². The molecule has 1 fully saturated rings. The number of hydrogen-bond donors (Lipinski definition) is 1. The summed E-state index contributed by atoms with van der Waals surface area (Å²) < 4.78 is 16.3. The predicted molar refractivity (Wildman–Crippen MR) is 155 cm³/mol. The molecule has 3 heterocycles. The van der Waals surface area contributed by atoms with Crippen LogP contribution in [0.1, 0.15) is 42.0 Å². The highest BCUT2D eigenvalue weighted by atomic mass is 16.5. The van der Waals surface area contributed by atoms with Crippen molar-refractivity contribution in [2.45, 2.75) is 33.1 Å². The number of carbonyl (C=O) groups excluding carboxylic acids is 1. The van der Waals surface area contributed by atoms with Gasteiger partial charge in [-0.1, -0.05) is 18.6 Å². The molecule has 210 valence electrons. The van der Waals surface area contributed by atoms with E-state index in [1.54, 1.807) is 27.5 Å². The van der Waals surface area contributed by atoms with Crippen LogP contribution < -0.4 is 24.8 Å². The highest BCUT2D eigenvalue weighted by Crippen LogP contribution is 2.39. The van der Waals surface area contributed by atoms with Crippen LogP contribution in [-0.4, -0.2) is 67.6 Å². The minimum absolute atomic E-state index is 0.149. The lowest BCUT2D eigenvalue weighted by molar-refractivity contribution is -0.112. The largest absolute Gasteiger partial charge is 0.493 e. The molecular weight excluding hydrogens is 508 g/mol. The SMILES string of the molecule is COc1cc(Cc2cnc(/N=C3\C(=O)N(CN4CCC(C)CC4)c4ccc(C)cc43)nc2N)cc(OC)c1OC. The first-order valence-corrected chi connectivity index (χ1v) is 13.5. The van der Waals surface area contributed by atoms with Crippen LogP contribution in [0.2, 0.25) is 0 Å². The maximum absolute atomic E-state index is 13.6. The van der Waals surface area contributed by atoms with Gasteiger partial charge >= 0.3 is 0 Å². The van der Waals surface area contributed by atoms with Gasteiger partial charge in [0, 0.05) is 36.8 Å². The minimum atomic E-state index is -0.150. The molecule has 2 aromatic carbocycles. The Morgan fingerprint density at radius 1 is 1.05 bits per heavy atom. The standard InChI is InChI=1S/C30H36N6O4/c1-18-8-10-35(11-9-18)17-36-23-7-6-19(2)12-22(23)26(29(36)37)33-30-32-16-21(28(31)34-30)13-20-14-24(38-3)27(40-5)25(15-20)39-4/h6-7,12,14-16,18H,8-11,13,17H2,1-5H3,(H2,31,32,34)/b33-26-. The number of fused-ring (bicyclic) bond motifs is 1. The Kier molecular flexibility index (Phi) is 7.88. The van der Waals surface area contributed by atoms with Crippen LogP contribution in [0.5, 0.6) is 17.2 Å². The van der Waals surface area contributed by atoms with Crippen molar-refractivity contribution in [3.05, 3.63) is 58.8 Å². The number of aromatic nitrogens is 2. The van der Waals surface area contributed by atoms with E-state index < -0.39 is 0 Å². The van der Waals surface area contributed by atoms with Gasteiger partial charge in [-0.3, -0.25) is 14.6 Å². The fourth-order valence-corrected chi connectivity index (χ4v) is 5.24. The number of nitrogens with zero attached hydrogens (tertiary/aromatic N) is 5. The number of amides is 1. The van der Waals surface area contributed by atoms with Crippen LogP contribution in [0.15, 0.2) is 41.5 Å². The molecule has 0 atom stereocenters. The van der Waals surface area contributed by atoms with E-state index in [9.17, 15) is 4.79 Å². The zero-order valence-corrected chi connectivity index (χ0v) is 23.7. The second kappa shape index (κ2) is 11.5. The van der Waals surface area contributed by atoms with Gasteiger partial charge in [-0.2, -0.15) is 4.98 Å². The molecule has 1 saturated heterocycles. The summed E-state index contributed by atoms with van der Waals surface area (Å²) in [7, 11) is 4.71. The summed E-state index contributed by atoms with van der Waals surface area (Å²) in [6, 6.07) is 9.73. The van der Waals surface area contributed by atoms with E-state index in [1.165, 1.54) is 0 Å². The normalized spacial score (nSPS) is 16.9. The Hall–Kier alpha value is -4.18. The lowest BCUT2D eigenvalue weighted by Gasteiger charge is -2.33. The maximum Gasteiger partial charge on any atom is 0.278 e. The van der Waals surface area contributed by atoms with E-state index in [1.807, 2.05) is 42.2 Å². The Morgan fingerprint density at radius 3 is 2.38 bits per heavy atom. The topological polar surface area (TPSA) is 115 Å². The molecule has 0 spiro atoms. The van der Waals surface area contributed by atoms with Crippen molar-refractivity contribution in [3.63, 3.8) is 0 Å². The van der Waals surface area contributed by atoms with Crippen molar-refractivity contribution in [2.75, 3.05) is 51.7 Å². The summed E-state index contributed by atoms with van der Waals surface area (Å²) in [5, 5.41) is 0. The lowest BCUT2D eigenvalue weighted by Crippen LogP contribution is -2.44. The molecule has 10 heteroatoms. The minimum Gasteiger partial charge on any atom is -0.493 e. The van der Waals surface area contributed by atoms with Crippen LogP contribution in [-0.2, 0) is 11.2 Å². The number of ether oxygens (including phenoxy) is 3. The second-order valence-electron chi connectivity index (χ2n) is 10.4. The number of nitrogens with two attached hydrogens (primary N) is 1. The number of piperidine rings is 1. The van der Waals surface area contributed by atoms with Crippen LogP contribution in [0, 0.1) is 12.8 Å². The van der Waals surface area contributed by atoms with Gasteiger partial charge in [0.25, 0.3) is 11.9 Å². The van der Waals surface area contributed by atoms with Crippen molar-refractivity contribution in [3.8, 4) is 17.2 Å². The molecule has 0 aliphatic carbocycles. The highest BCUT2D eigenvalue weighted by molar-refractivity contribution is 6.54. The molecule has 0 bridgehead atoms. The second-order valence-corrected chi connectivity index (χ2v) is 10.4. The van der Waals surface area contributed by atoms with E-state index in [0.29, 0.717) is 41.6 Å². The number of carbonyl (C=O) groups is 1. The zero-order chi connectivity index (χ0) is 28.4. The van der Waals surface area contributed by atoms with E-state index >= 15 is 0 Å². The molecule has 2 aliphatic heterocycles.